The Bertz CT molecular complexity index is 473. The first kappa shape index (κ1) is 12.3. The Morgan fingerprint density at radius 3 is 2.53 bits per heavy atom. The molecule has 0 aliphatic carbocycles. The third-order valence-electron chi connectivity index (χ3n) is 2.20. The van der Waals surface area contributed by atoms with Crippen molar-refractivity contribution in [3.8, 4) is 5.75 Å². The Morgan fingerprint density at radius 2 is 1.88 bits per heavy atom. The topological polar surface area (TPSA) is 9.23 Å². The van der Waals surface area contributed by atoms with Gasteiger partial charge in [0.05, 0.1) is 5.38 Å². The van der Waals surface area contributed by atoms with Crippen LogP contribution in [0.5, 0.6) is 5.75 Å². The zero-order chi connectivity index (χ0) is 12.3. The molecule has 0 fully saturated rings. The van der Waals surface area contributed by atoms with E-state index in [4.69, 9.17) is 11.6 Å². The van der Waals surface area contributed by atoms with Crippen LogP contribution >= 0.6 is 22.9 Å². The van der Waals surface area contributed by atoms with Crippen LogP contribution in [0, 0.1) is 0 Å². The minimum Gasteiger partial charge on any atom is -0.434 e. The molecule has 5 heteroatoms. The monoisotopic (exact) mass is 274 g/mol. The van der Waals surface area contributed by atoms with Crippen LogP contribution in [0.3, 0.4) is 0 Å². The average molecular weight is 275 g/mol. The first-order valence-electron chi connectivity index (χ1n) is 4.89. The van der Waals surface area contributed by atoms with E-state index >= 15 is 0 Å². The van der Waals surface area contributed by atoms with E-state index in [1.807, 2.05) is 17.5 Å². The molecule has 0 bridgehead atoms. The molecule has 0 amide bonds. The van der Waals surface area contributed by atoms with Crippen molar-refractivity contribution in [3.63, 3.8) is 0 Å². The standard InChI is InChI=1S/C12H9ClF2OS/c13-11(10-6-3-7-17-10)8-4-1-2-5-9(8)16-12(14)15/h1-7,11-12H. The largest absolute Gasteiger partial charge is 0.434 e. The molecule has 1 nitrogen and oxygen atoms in total. The number of thiophene rings is 1. The SMILES string of the molecule is FC(F)Oc1ccccc1C(Cl)c1cccs1. The lowest BCUT2D eigenvalue weighted by atomic mass is 10.1. The molecule has 1 heterocycles. The molecule has 1 atom stereocenters. The number of halogens is 3. The van der Waals surface area contributed by atoms with Gasteiger partial charge in [0, 0.05) is 10.4 Å². The highest BCUT2D eigenvalue weighted by molar-refractivity contribution is 7.10. The van der Waals surface area contributed by atoms with Gasteiger partial charge < -0.3 is 4.74 Å². The summed E-state index contributed by atoms with van der Waals surface area (Å²) >= 11 is 7.73. The summed E-state index contributed by atoms with van der Waals surface area (Å²) in [4.78, 5) is 0.900. The number of para-hydroxylation sites is 1. The fourth-order valence-corrected chi connectivity index (χ4v) is 2.61. The van der Waals surface area contributed by atoms with Crippen LogP contribution < -0.4 is 4.74 Å². The van der Waals surface area contributed by atoms with Gasteiger partial charge >= 0.3 is 6.61 Å². The lowest BCUT2D eigenvalue weighted by Gasteiger charge is -2.13. The van der Waals surface area contributed by atoms with E-state index in [0.717, 1.165) is 4.88 Å². The molecule has 0 N–H and O–H groups in total. The van der Waals surface area contributed by atoms with E-state index < -0.39 is 12.0 Å². The number of alkyl halides is 3. The lowest BCUT2D eigenvalue weighted by molar-refractivity contribution is -0.0504. The van der Waals surface area contributed by atoms with Crippen molar-refractivity contribution in [2.24, 2.45) is 0 Å². The second-order valence-electron chi connectivity index (χ2n) is 3.29. The van der Waals surface area contributed by atoms with Crippen LogP contribution in [-0.4, -0.2) is 6.61 Å². The van der Waals surface area contributed by atoms with Gasteiger partial charge in [0.25, 0.3) is 0 Å². The highest BCUT2D eigenvalue weighted by atomic mass is 35.5. The fraction of sp³-hybridized carbons (Fsp3) is 0.167. The van der Waals surface area contributed by atoms with E-state index in [-0.39, 0.29) is 5.75 Å². The highest BCUT2D eigenvalue weighted by Gasteiger charge is 2.18. The number of ether oxygens (including phenoxy) is 1. The first-order valence-corrected chi connectivity index (χ1v) is 6.21. The van der Waals surface area contributed by atoms with Gasteiger partial charge in [-0.15, -0.1) is 22.9 Å². The summed E-state index contributed by atoms with van der Waals surface area (Å²) in [5, 5.41) is 1.42. The molecule has 1 aromatic heterocycles. The maximum Gasteiger partial charge on any atom is 0.387 e. The molecule has 1 unspecified atom stereocenters. The molecule has 0 saturated carbocycles. The highest BCUT2D eigenvalue weighted by Crippen LogP contribution is 2.37. The van der Waals surface area contributed by atoms with Crippen molar-refractivity contribution in [1.82, 2.24) is 0 Å². The summed E-state index contributed by atoms with van der Waals surface area (Å²) in [6, 6.07) is 10.3. The van der Waals surface area contributed by atoms with Gasteiger partial charge in [0.1, 0.15) is 5.75 Å². The second-order valence-corrected chi connectivity index (χ2v) is 4.71. The summed E-state index contributed by atoms with van der Waals surface area (Å²) in [6.07, 6.45) is 0. The van der Waals surface area contributed by atoms with E-state index in [1.165, 1.54) is 17.4 Å². The van der Waals surface area contributed by atoms with Gasteiger partial charge in [-0.2, -0.15) is 8.78 Å². The van der Waals surface area contributed by atoms with Crippen molar-refractivity contribution < 1.29 is 13.5 Å². The first-order chi connectivity index (χ1) is 8.18. The molecule has 0 saturated heterocycles. The molecule has 1 aromatic carbocycles. The van der Waals surface area contributed by atoms with Crippen LogP contribution in [0.1, 0.15) is 15.8 Å². The smallest absolute Gasteiger partial charge is 0.387 e. The molecular formula is C12H9ClF2OS. The molecule has 0 aliphatic rings. The Hall–Kier alpha value is -1.13. The zero-order valence-electron chi connectivity index (χ0n) is 8.65. The second kappa shape index (κ2) is 5.47. The molecule has 90 valence electrons. The summed E-state index contributed by atoms with van der Waals surface area (Å²) in [5.74, 6) is 0.121. The predicted molar refractivity (Wildman–Crippen MR) is 65.1 cm³/mol. The van der Waals surface area contributed by atoms with Crippen LogP contribution in [0.4, 0.5) is 8.78 Å². The van der Waals surface area contributed by atoms with Gasteiger partial charge in [-0.05, 0) is 17.5 Å². The minimum absolute atomic E-state index is 0.121. The summed E-state index contributed by atoms with van der Waals surface area (Å²) in [7, 11) is 0. The Morgan fingerprint density at radius 1 is 1.12 bits per heavy atom. The number of rotatable bonds is 4. The average Bonchev–Trinajstić information content (AvgIpc) is 2.81. The van der Waals surface area contributed by atoms with E-state index in [2.05, 4.69) is 4.74 Å². The fourth-order valence-electron chi connectivity index (χ4n) is 1.48. The lowest BCUT2D eigenvalue weighted by Crippen LogP contribution is -2.05. The molecule has 0 aliphatic heterocycles. The predicted octanol–water partition coefficient (Wildman–Crippen LogP) is 4.68. The van der Waals surface area contributed by atoms with Crippen molar-refractivity contribution in [1.29, 1.82) is 0 Å². The number of hydrogen-bond acceptors (Lipinski definition) is 2. The maximum absolute atomic E-state index is 12.2. The zero-order valence-corrected chi connectivity index (χ0v) is 10.2. The van der Waals surface area contributed by atoms with Gasteiger partial charge in [0.15, 0.2) is 0 Å². The Kier molecular flexibility index (Phi) is 3.97. The van der Waals surface area contributed by atoms with E-state index in [0.29, 0.717) is 5.56 Å². The minimum atomic E-state index is -2.84. The third kappa shape index (κ3) is 2.96. The molecule has 2 aromatic rings. The van der Waals surface area contributed by atoms with E-state index in [9.17, 15) is 8.78 Å². The van der Waals surface area contributed by atoms with Gasteiger partial charge in [0.2, 0.25) is 0 Å². The third-order valence-corrected chi connectivity index (χ3v) is 3.74. The number of benzene rings is 1. The molecular weight excluding hydrogens is 266 g/mol. The van der Waals surface area contributed by atoms with Gasteiger partial charge in [-0.3, -0.25) is 0 Å². The van der Waals surface area contributed by atoms with Crippen molar-refractivity contribution in [2.45, 2.75) is 12.0 Å². The summed E-state index contributed by atoms with van der Waals surface area (Å²) in [5.41, 5.74) is 0.553. The van der Waals surface area contributed by atoms with Gasteiger partial charge in [-0.1, -0.05) is 24.3 Å². The molecule has 0 spiro atoms. The molecule has 0 radical (unpaired) electrons. The quantitative estimate of drug-likeness (QED) is 0.736. The Labute approximate surface area is 107 Å². The normalized spacial score (nSPS) is 12.7. The van der Waals surface area contributed by atoms with Crippen molar-refractivity contribution >= 4 is 22.9 Å². The maximum atomic E-state index is 12.2. The van der Waals surface area contributed by atoms with Crippen LogP contribution in [0.2, 0.25) is 0 Å². The van der Waals surface area contributed by atoms with Crippen molar-refractivity contribution in [2.75, 3.05) is 0 Å². The van der Waals surface area contributed by atoms with Gasteiger partial charge in [-0.25, -0.2) is 0 Å². The number of hydrogen-bond donors (Lipinski definition) is 0. The van der Waals surface area contributed by atoms with Crippen LogP contribution in [-0.2, 0) is 0 Å². The molecule has 17 heavy (non-hydrogen) atoms. The van der Waals surface area contributed by atoms with E-state index in [1.54, 1.807) is 18.2 Å². The molecule has 2 rings (SSSR count). The van der Waals surface area contributed by atoms with Crippen molar-refractivity contribution in [3.05, 3.63) is 52.2 Å². The Balaban J connectivity index is 2.31. The summed E-state index contributed by atoms with van der Waals surface area (Å²) in [6.45, 7) is -2.84. The summed E-state index contributed by atoms with van der Waals surface area (Å²) < 4.78 is 28.9. The van der Waals surface area contributed by atoms with Crippen LogP contribution in [0.25, 0.3) is 0 Å². The van der Waals surface area contributed by atoms with Crippen LogP contribution in [0.15, 0.2) is 41.8 Å².